The minimum Gasteiger partial charge on any atom is -0.437 e. The van der Waals surface area contributed by atoms with Gasteiger partial charge in [0.05, 0.1) is 7.11 Å². The SMILES string of the molecule is COC(=O)OS(=O)(=O)c1ccccc1.[Na]. The van der Waals surface area contributed by atoms with E-state index in [1.54, 1.807) is 6.07 Å². The molecule has 15 heavy (non-hydrogen) atoms. The fourth-order valence-corrected chi connectivity index (χ4v) is 1.59. The molecule has 0 spiro atoms. The predicted molar refractivity (Wildman–Crippen MR) is 52.9 cm³/mol. The monoisotopic (exact) mass is 239 g/mol. The number of rotatable bonds is 2. The van der Waals surface area contributed by atoms with Crippen molar-refractivity contribution in [3.8, 4) is 0 Å². The number of carbonyl (C=O) groups is 1. The summed E-state index contributed by atoms with van der Waals surface area (Å²) in [6.07, 6.45) is -1.26. The summed E-state index contributed by atoms with van der Waals surface area (Å²) in [6, 6.07) is 7.33. The normalized spacial score (nSPS) is 9.93. The molecule has 0 aliphatic rings. The van der Waals surface area contributed by atoms with E-state index in [1.165, 1.54) is 24.3 Å². The van der Waals surface area contributed by atoms with E-state index in [0.717, 1.165) is 7.11 Å². The maximum atomic E-state index is 11.3. The van der Waals surface area contributed by atoms with Gasteiger partial charge in [0.2, 0.25) is 0 Å². The van der Waals surface area contributed by atoms with Crippen LogP contribution in [0.1, 0.15) is 0 Å². The molecular formula is C8H8NaO5S. The molecule has 1 rings (SSSR count). The molecule has 0 fully saturated rings. The van der Waals surface area contributed by atoms with E-state index in [4.69, 9.17) is 0 Å². The topological polar surface area (TPSA) is 69.7 Å². The van der Waals surface area contributed by atoms with Crippen LogP contribution in [-0.2, 0) is 19.0 Å². The third-order valence-electron chi connectivity index (χ3n) is 1.38. The molecule has 1 aromatic carbocycles. The van der Waals surface area contributed by atoms with Gasteiger partial charge < -0.3 is 8.92 Å². The zero-order valence-corrected chi connectivity index (χ0v) is 11.2. The average molecular weight is 239 g/mol. The molecule has 0 aliphatic heterocycles. The van der Waals surface area contributed by atoms with Gasteiger partial charge in [-0.2, -0.15) is 8.42 Å². The molecule has 0 saturated carbocycles. The fraction of sp³-hybridized carbons (Fsp3) is 0.125. The van der Waals surface area contributed by atoms with Crippen LogP contribution in [0.25, 0.3) is 0 Å². The summed E-state index contributed by atoms with van der Waals surface area (Å²) in [7, 11) is -3.02. The Kier molecular flexibility index (Phi) is 5.89. The smallest absolute Gasteiger partial charge is 0.437 e. The molecule has 0 aromatic heterocycles. The number of carbonyl (C=O) groups excluding carboxylic acids is 1. The summed E-state index contributed by atoms with van der Waals surface area (Å²) in [5, 5.41) is 0. The van der Waals surface area contributed by atoms with Gasteiger partial charge in [-0.3, -0.25) is 0 Å². The van der Waals surface area contributed by atoms with E-state index in [0.29, 0.717) is 0 Å². The van der Waals surface area contributed by atoms with Crippen molar-refractivity contribution in [1.29, 1.82) is 0 Å². The number of benzene rings is 1. The van der Waals surface area contributed by atoms with Gasteiger partial charge in [-0.25, -0.2) is 4.79 Å². The Morgan fingerprint density at radius 1 is 1.20 bits per heavy atom. The van der Waals surface area contributed by atoms with Gasteiger partial charge in [0.1, 0.15) is 4.90 Å². The van der Waals surface area contributed by atoms with Gasteiger partial charge in [-0.05, 0) is 12.1 Å². The standard InChI is InChI=1S/C8H8O5S.Na/c1-12-8(9)13-14(10,11)7-5-3-2-4-6-7;/h2-6H,1H3;. The third-order valence-corrected chi connectivity index (χ3v) is 2.58. The Bertz CT molecular complexity index is 414. The van der Waals surface area contributed by atoms with Crippen LogP contribution in [0.2, 0.25) is 0 Å². The van der Waals surface area contributed by atoms with Crippen LogP contribution in [0.3, 0.4) is 0 Å². The van der Waals surface area contributed by atoms with Crippen LogP contribution < -0.4 is 0 Å². The van der Waals surface area contributed by atoms with Crippen molar-refractivity contribution in [3.63, 3.8) is 0 Å². The van der Waals surface area contributed by atoms with Gasteiger partial charge in [0.25, 0.3) is 0 Å². The maximum absolute atomic E-state index is 11.3. The zero-order chi connectivity index (χ0) is 10.6. The quantitative estimate of drug-likeness (QED) is 0.433. The summed E-state index contributed by atoms with van der Waals surface area (Å²) in [5.41, 5.74) is 0. The first-order valence-electron chi connectivity index (χ1n) is 3.64. The second-order valence-electron chi connectivity index (χ2n) is 2.30. The molecule has 1 aromatic rings. The number of ether oxygens (including phenoxy) is 1. The molecule has 0 heterocycles. The predicted octanol–water partition coefficient (Wildman–Crippen LogP) is 0.777. The molecular weight excluding hydrogens is 231 g/mol. The number of hydrogen-bond acceptors (Lipinski definition) is 5. The molecule has 0 aliphatic carbocycles. The zero-order valence-electron chi connectivity index (χ0n) is 8.34. The second-order valence-corrected chi connectivity index (χ2v) is 3.85. The summed E-state index contributed by atoms with van der Waals surface area (Å²) in [5.74, 6) is 0. The molecule has 0 unspecified atom stereocenters. The largest absolute Gasteiger partial charge is 0.524 e. The Morgan fingerprint density at radius 3 is 2.20 bits per heavy atom. The second kappa shape index (κ2) is 6.12. The van der Waals surface area contributed by atoms with Crippen molar-refractivity contribution < 1.29 is 22.1 Å². The summed E-state index contributed by atoms with van der Waals surface area (Å²) >= 11 is 0. The number of hydrogen-bond donors (Lipinski definition) is 0. The van der Waals surface area contributed by atoms with Gasteiger partial charge in [0, 0.05) is 29.6 Å². The van der Waals surface area contributed by atoms with Crippen LogP contribution in [0, 0.1) is 0 Å². The van der Waals surface area contributed by atoms with Gasteiger partial charge in [-0.1, -0.05) is 18.2 Å². The van der Waals surface area contributed by atoms with E-state index in [1.807, 2.05) is 0 Å². The van der Waals surface area contributed by atoms with E-state index in [9.17, 15) is 13.2 Å². The van der Waals surface area contributed by atoms with Crippen molar-refractivity contribution in [3.05, 3.63) is 30.3 Å². The van der Waals surface area contributed by atoms with Crippen molar-refractivity contribution >= 4 is 45.8 Å². The molecule has 77 valence electrons. The average Bonchev–Trinajstić information content (AvgIpc) is 2.18. The van der Waals surface area contributed by atoms with Crippen molar-refractivity contribution in [2.75, 3.05) is 7.11 Å². The van der Waals surface area contributed by atoms with Crippen molar-refractivity contribution in [1.82, 2.24) is 0 Å². The first-order valence-corrected chi connectivity index (χ1v) is 5.04. The molecule has 7 heteroatoms. The van der Waals surface area contributed by atoms with Gasteiger partial charge in [-0.15, -0.1) is 0 Å². The van der Waals surface area contributed by atoms with E-state index in [-0.39, 0.29) is 34.5 Å². The van der Waals surface area contributed by atoms with Crippen LogP contribution in [-0.4, -0.2) is 51.2 Å². The van der Waals surface area contributed by atoms with Gasteiger partial charge >= 0.3 is 16.3 Å². The Labute approximate surface area is 110 Å². The third kappa shape index (κ3) is 4.21. The molecule has 0 saturated heterocycles. The van der Waals surface area contributed by atoms with E-state index < -0.39 is 16.3 Å². The molecule has 0 N–H and O–H groups in total. The van der Waals surface area contributed by atoms with Crippen molar-refractivity contribution in [2.45, 2.75) is 4.90 Å². The van der Waals surface area contributed by atoms with Crippen LogP contribution in [0.15, 0.2) is 35.2 Å². The molecule has 0 atom stereocenters. The minimum absolute atomic E-state index is 0. The minimum atomic E-state index is -4.05. The maximum Gasteiger partial charge on any atom is 0.524 e. The Balaban J connectivity index is 0.00000196. The van der Waals surface area contributed by atoms with Crippen LogP contribution in [0.4, 0.5) is 4.79 Å². The first kappa shape index (κ1) is 14.4. The molecule has 1 radical (unpaired) electrons. The first-order chi connectivity index (χ1) is 6.56. The molecule has 0 amide bonds. The van der Waals surface area contributed by atoms with Gasteiger partial charge in [0.15, 0.2) is 0 Å². The van der Waals surface area contributed by atoms with Crippen molar-refractivity contribution in [2.24, 2.45) is 0 Å². The summed E-state index contributed by atoms with van der Waals surface area (Å²) in [4.78, 5) is 10.5. The van der Waals surface area contributed by atoms with Crippen LogP contribution in [0.5, 0.6) is 0 Å². The Morgan fingerprint density at radius 2 is 1.73 bits per heavy atom. The van der Waals surface area contributed by atoms with E-state index in [2.05, 4.69) is 8.92 Å². The summed E-state index contributed by atoms with van der Waals surface area (Å²) in [6.45, 7) is 0. The summed E-state index contributed by atoms with van der Waals surface area (Å²) < 4.78 is 30.7. The number of methoxy groups -OCH3 is 1. The molecule has 0 bridgehead atoms. The Hall–Kier alpha value is -0.560. The van der Waals surface area contributed by atoms with E-state index >= 15 is 0 Å². The fourth-order valence-electron chi connectivity index (χ4n) is 0.759. The van der Waals surface area contributed by atoms with Crippen LogP contribution >= 0.6 is 0 Å². The molecule has 5 nitrogen and oxygen atoms in total.